The number of fused-ring (bicyclic) bond motifs is 1. The minimum atomic E-state index is -3.16. The summed E-state index contributed by atoms with van der Waals surface area (Å²) in [6.45, 7) is 13.4. The second-order valence-corrected chi connectivity index (χ2v) is 11.9. The number of rotatable bonds is 5. The summed E-state index contributed by atoms with van der Waals surface area (Å²) >= 11 is 0. The second kappa shape index (κ2) is 7.75. The van der Waals surface area contributed by atoms with Gasteiger partial charge in [-0.3, -0.25) is 0 Å². The van der Waals surface area contributed by atoms with Crippen molar-refractivity contribution in [3.63, 3.8) is 0 Å². The first kappa shape index (κ1) is 21.8. The van der Waals surface area contributed by atoms with E-state index in [9.17, 15) is 8.42 Å². The van der Waals surface area contributed by atoms with Gasteiger partial charge in [0.15, 0.2) is 9.84 Å². The van der Waals surface area contributed by atoms with Crippen molar-refractivity contribution in [2.45, 2.75) is 76.5 Å². The van der Waals surface area contributed by atoms with Crippen molar-refractivity contribution in [3.8, 4) is 0 Å². The van der Waals surface area contributed by atoms with Crippen molar-refractivity contribution < 1.29 is 8.42 Å². The molecule has 0 unspecified atom stereocenters. The Morgan fingerprint density at radius 1 is 0.931 bits per heavy atom. The fourth-order valence-corrected chi connectivity index (χ4v) is 5.65. The topological polar surface area (TPSA) is 34.1 Å². The Labute approximate surface area is 177 Å². The van der Waals surface area contributed by atoms with Crippen LogP contribution in [0.15, 0.2) is 47.4 Å². The van der Waals surface area contributed by atoms with Crippen molar-refractivity contribution >= 4 is 21.5 Å². The van der Waals surface area contributed by atoms with Gasteiger partial charge < -0.3 is 0 Å². The highest BCUT2D eigenvalue weighted by Crippen LogP contribution is 2.46. The van der Waals surface area contributed by atoms with Crippen molar-refractivity contribution in [2.75, 3.05) is 5.75 Å². The summed E-state index contributed by atoms with van der Waals surface area (Å²) in [4.78, 5) is 0.409. The predicted octanol–water partition coefficient (Wildman–Crippen LogP) is 6.78. The van der Waals surface area contributed by atoms with Crippen LogP contribution in [0.25, 0.3) is 11.6 Å². The molecule has 0 saturated heterocycles. The van der Waals surface area contributed by atoms with Crippen LogP contribution in [0.5, 0.6) is 0 Å². The average molecular weight is 411 g/mol. The van der Waals surface area contributed by atoms with E-state index in [1.807, 2.05) is 19.1 Å². The van der Waals surface area contributed by atoms with E-state index in [4.69, 9.17) is 0 Å². The molecule has 0 aromatic heterocycles. The van der Waals surface area contributed by atoms with Crippen LogP contribution in [0.1, 0.15) is 83.1 Å². The van der Waals surface area contributed by atoms with Gasteiger partial charge in [0, 0.05) is 0 Å². The molecule has 2 aromatic rings. The summed E-state index contributed by atoms with van der Waals surface area (Å²) in [7, 11) is -3.16. The van der Waals surface area contributed by atoms with Crippen molar-refractivity contribution in [2.24, 2.45) is 0 Å². The number of hydrogen-bond acceptors (Lipinski definition) is 2. The maximum atomic E-state index is 12.2. The smallest absolute Gasteiger partial charge is 0.178 e. The third-order valence-corrected chi connectivity index (χ3v) is 8.34. The minimum absolute atomic E-state index is 0.191. The lowest BCUT2D eigenvalue weighted by molar-refractivity contribution is 0.332. The van der Waals surface area contributed by atoms with E-state index in [1.165, 1.54) is 35.1 Å². The molecule has 2 aromatic carbocycles. The van der Waals surface area contributed by atoms with Gasteiger partial charge in [0.25, 0.3) is 0 Å². The van der Waals surface area contributed by atoms with Gasteiger partial charge >= 0.3 is 0 Å². The Bertz CT molecular complexity index is 1020. The third kappa shape index (κ3) is 4.50. The SMILES string of the molecule is CCCS(=O)(=O)c1ccc(C=C(C)c2ccc3c(c2)C(C)(C)CCC3(C)C)cc1. The van der Waals surface area contributed by atoms with Gasteiger partial charge in [0.2, 0.25) is 0 Å². The second-order valence-electron chi connectivity index (χ2n) is 9.74. The highest BCUT2D eigenvalue weighted by Gasteiger charge is 2.36. The fraction of sp³-hybridized carbons (Fsp3) is 0.462. The quantitative estimate of drug-likeness (QED) is 0.509. The van der Waals surface area contributed by atoms with Crippen LogP contribution >= 0.6 is 0 Å². The fourth-order valence-electron chi connectivity index (χ4n) is 4.33. The lowest BCUT2D eigenvalue weighted by Gasteiger charge is -2.42. The summed E-state index contributed by atoms with van der Waals surface area (Å²) < 4.78 is 24.4. The van der Waals surface area contributed by atoms with E-state index >= 15 is 0 Å². The zero-order valence-electron chi connectivity index (χ0n) is 18.7. The lowest BCUT2D eigenvalue weighted by Crippen LogP contribution is -2.33. The summed E-state index contributed by atoms with van der Waals surface area (Å²) in [6, 6.07) is 14.2. The molecule has 1 aliphatic carbocycles. The average Bonchev–Trinajstić information content (AvgIpc) is 2.66. The van der Waals surface area contributed by atoms with Gasteiger partial charge in [-0.15, -0.1) is 0 Å². The molecule has 0 atom stereocenters. The predicted molar refractivity (Wildman–Crippen MR) is 124 cm³/mol. The standard InChI is InChI=1S/C26H34O2S/c1-7-16-29(27,28)22-11-8-20(9-12-22)17-19(2)21-10-13-23-24(18-21)26(5,6)15-14-25(23,3)4/h8-13,17-18H,7,14-16H2,1-6H3. The van der Waals surface area contributed by atoms with Gasteiger partial charge in [-0.1, -0.05) is 71.0 Å². The van der Waals surface area contributed by atoms with E-state index in [-0.39, 0.29) is 16.6 Å². The summed E-state index contributed by atoms with van der Waals surface area (Å²) in [5.74, 6) is 0.197. The Morgan fingerprint density at radius 3 is 2.10 bits per heavy atom. The first-order valence-electron chi connectivity index (χ1n) is 10.6. The molecule has 0 spiro atoms. The molecule has 0 amide bonds. The first-order valence-corrected chi connectivity index (χ1v) is 12.3. The van der Waals surface area contributed by atoms with E-state index < -0.39 is 9.84 Å². The van der Waals surface area contributed by atoms with Crippen LogP contribution in [0.2, 0.25) is 0 Å². The van der Waals surface area contributed by atoms with Crippen molar-refractivity contribution in [1.82, 2.24) is 0 Å². The molecule has 0 heterocycles. The molecule has 0 aliphatic heterocycles. The van der Waals surface area contributed by atoms with Gasteiger partial charge in [-0.05, 0) is 77.0 Å². The molecule has 0 radical (unpaired) electrons. The van der Waals surface area contributed by atoms with Crippen LogP contribution in [-0.2, 0) is 20.7 Å². The molecule has 29 heavy (non-hydrogen) atoms. The minimum Gasteiger partial charge on any atom is -0.224 e. The normalized spacial score (nSPS) is 18.3. The van der Waals surface area contributed by atoms with Gasteiger partial charge in [-0.2, -0.15) is 0 Å². The monoisotopic (exact) mass is 410 g/mol. The molecule has 0 saturated carbocycles. The highest BCUT2D eigenvalue weighted by atomic mass is 32.2. The summed E-state index contributed by atoms with van der Waals surface area (Å²) in [5, 5.41) is 0. The number of allylic oxidation sites excluding steroid dienone is 1. The van der Waals surface area contributed by atoms with Gasteiger partial charge in [0.1, 0.15) is 0 Å². The lowest BCUT2D eigenvalue weighted by atomic mass is 9.63. The van der Waals surface area contributed by atoms with Crippen molar-refractivity contribution in [3.05, 3.63) is 64.7 Å². The number of sulfone groups is 1. The van der Waals surface area contributed by atoms with E-state index in [0.29, 0.717) is 11.3 Å². The number of benzene rings is 2. The van der Waals surface area contributed by atoms with E-state index in [0.717, 1.165) is 5.56 Å². The molecule has 2 nitrogen and oxygen atoms in total. The molecular formula is C26H34O2S. The molecule has 3 heteroatoms. The Balaban J connectivity index is 1.93. The molecule has 0 bridgehead atoms. The molecule has 1 aliphatic rings. The summed E-state index contributed by atoms with van der Waals surface area (Å²) in [6.07, 6.45) is 5.19. The summed E-state index contributed by atoms with van der Waals surface area (Å²) in [5.41, 5.74) is 6.79. The van der Waals surface area contributed by atoms with E-state index in [1.54, 1.807) is 12.1 Å². The highest BCUT2D eigenvalue weighted by molar-refractivity contribution is 7.91. The number of hydrogen-bond donors (Lipinski definition) is 0. The van der Waals surface area contributed by atoms with Crippen LogP contribution in [0.3, 0.4) is 0 Å². The third-order valence-electron chi connectivity index (χ3n) is 6.40. The Kier molecular flexibility index (Phi) is 5.84. The van der Waals surface area contributed by atoms with Crippen LogP contribution in [0.4, 0.5) is 0 Å². The molecule has 3 rings (SSSR count). The molecule has 0 fully saturated rings. The van der Waals surface area contributed by atoms with Gasteiger partial charge in [0.05, 0.1) is 10.6 Å². The molecule has 156 valence electrons. The van der Waals surface area contributed by atoms with Crippen LogP contribution < -0.4 is 0 Å². The molecule has 0 N–H and O–H groups in total. The zero-order chi connectivity index (χ0) is 21.4. The Morgan fingerprint density at radius 2 is 1.52 bits per heavy atom. The maximum Gasteiger partial charge on any atom is 0.178 e. The zero-order valence-corrected chi connectivity index (χ0v) is 19.5. The molecular weight excluding hydrogens is 376 g/mol. The maximum absolute atomic E-state index is 12.2. The van der Waals surface area contributed by atoms with E-state index in [2.05, 4.69) is 58.9 Å². The van der Waals surface area contributed by atoms with Crippen LogP contribution in [0, 0.1) is 0 Å². The first-order chi connectivity index (χ1) is 13.5. The van der Waals surface area contributed by atoms with Crippen LogP contribution in [-0.4, -0.2) is 14.2 Å². The van der Waals surface area contributed by atoms with Gasteiger partial charge in [-0.25, -0.2) is 8.42 Å². The largest absolute Gasteiger partial charge is 0.224 e. The Hall–Kier alpha value is -1.87. The van der Waals surface area contributed by atoms with Crippen molar-refractivity contribution in [1.29, 1.82) is 0 Å².